The molecule has 1 aromatic heterocycles. The van der Waals surface area contributed by atoms with E-state index in [-0.39, 0.29) is 19.4 Å². The Kier molecular flexibility index (Phi) is 10.0. The molecule has 45 heavy (non-hydrogen) atoms. The van der Waals surface area contributed by atoms with Crippen LogP contribution in [0.3, 0.4) is 0 Å². The number of ether oxygens (including phenoxy) is 1. The topological polar surface area (TPSA) is 125 Å². The summed E-state index contributed by atoms with van der Waals surface area (Å²) < 4.78 is 74.6. The summed E-state index contributed by atoms with van der Waals surface area (Å²) in [5.41, 5.74) is 4.65. The number of allylic oxidation sites excluding steroid dienone is 2. The zero-order valence-electron chi connectivity index (χ0n) is 24.8. The second-order valence-electron chi connectivity index (χ2n) is 10.8. The summed E-state index contributed by atoms with van der Waals surface area (Å²) >= 11 is 7.84. The van der Waals surface area contributed by atoms with Crippen molar-refractivity contribution in [2.24, 2.45) is 0 Å². The third-order valence-corrected chi connectivity index (χ3v) is 11.0. The number of rotatable bonds is 12. The lowest BCUT2D eigenvalue weighted by atomic mass is 10.1. The predicted octanol–water partition coefficient (Wildman–Crippen LogP) is 6.99. The van der Waals surface area contributed by atoms with Gasteiger partial charge in [0.05, 0.1) is 16.7 Å². The van der Waals surface area contributed by atoms with E-state index in [4.69, 9.17) is 16.3 Å². The molecular formula is C32H34ClN2O7S3+. The van der Waals surface area contributed by atoms with E-state index in [2.05, 4.69) is 22.8 Å². The van der Waals surface area contributed by atoms with E-state index in [9.17, 15) is 25.9 Å². The molecule has 9 nitrogen and oxygen atoms in total. The quantitative estimate of drug-likeness (QED) is 0.121. The van der Waals surface area contributed by atoms with Crippen LogP contribution in [0, 0.1) is 0 Å². The van der Waals surface area contributed by atoms with Gasteiger partial charge in [0.15, 0.2) is 12.3 Å². The molecule has 5 rings (SSSR count). The molecule has 0 saturated heterocycles. The van der Waals surface area contributed by atoms with E-state index in [1.54, 1.807) is 29.5 Å². The van der Waals surface area contributed by atoms with E-state index in [0.717, 1.165) is 31.9 Å². The molecule has 2 heterocycles. The van der Waals surface area contributed by atoms with E-state index < -0.39 is 31.2 Å². The molecule has 1 atom stereocenters. The van der Waals surface area contributed by atoms with Gasteiger partial charge in [0, 0.05) is 36.2 Å². The molecule has 3 aromatic carbocycles. The van der Waals surface area contributed by atoms with Crippen molar-refractivity contribution in [1.29, 1.82) is 0 Å². The Morgan fingerprint density at radius 1 is 1.04 bits per heavy atom. The van der Waals surface area contributed by atoms with Gasteiger partial charge < -0.3 is 9.64 Å². The molecule has 1 aliphatic rings. The van der Waals surface area contributed by atoms with Gasteiger partial charge in [-0.3, -0.25) is 9.11 Å². The summed E-state index contributed by atoms with van der Waals surface area (Å²) in [4.78, 5) is 1.84. The number of aryl methyl sites for hydroxylation is 1. The van der Waals surface area contributed by atoms with Crippen LogP contribution in [0.2, 0.25) is 5.02 Å². The Bertz CT molecular complexity index is 1990. The molecular weight excluding hydrogens is 656 g/mol. The van der Waals surface area contributed by atoms with Gasteiger partial charge in [-0.15, -0.1) is 0 Å². The van der Waals surface area contributed by atoms with Gasteiger partial charge >= 0.3 is 0 Å². The predicted molar refractivity (Wildman–Crippen MR) is 180 cm³/mol. The summed E-state index contributed by atoms with van der Waals surface area (Å²) in [6, 6.07) is 21.4. The largest absolute Gasteiger partial charge is 0.439 e. The first-order valence-electron chi connectivity index (χ1n) is 14.4. The number of nitrogens with zero attached hydrogens (tertiary/aromatic N) is 2. The SMILES string of the molecule is CCC(/C=C1\Oc2ccc(Cl)cc2N1CCCS(=O)(=O)O)=C\c1sc2ccc(-c3ccccc3)cc2[n+]1CCC(C)S(=O)(=O)O. The lowest BCUT2D eigenvalue weighted by Crippen LogP contribution is -2.37. The maximum Gasteiger partial charge on any atom is 0.267 e. The Balaban J connectivity index is 1.55. The molecule has 0 amide bonds. The first-order valence-corrected chi connectivity index (χ1v) is 18.7. The normalized spacial score (nSPS) is 15.4. The van der Waals surface area contributed by atoms with Crippen molar-refractivity contribution in [3.8, 4) is 16.9 Å². The van der Waals surface area contributed by atoms with Gasteiger partial charge in [-0.25, -0.2) is 0 Å². The van der Waals surface area contributed by atoms with Gasteiger partial charge in [0.25, 0.3) is 25.2 Å². The van der Waals surface area contributed by atoms with Gasteiger partial charge in [-0.1, -0.05) is 66.3 Å². The molecule has 4 aromatic rings. The van der Waals surface area contributed by atoms with Crippen molar-refractivity contribution in [1.82, 2.24) is 0 Å². The van der Waals surface area contributed by atoms with Gasteiger partial charge in [-0.05, 0) is 60.7 Å². The maximum absolute atomic E-state index is 11.8. The molecule has 0 saturated carbocycles. The van der Waals surface area contributed by atoms with Gasteiger partial charge in [0.2, 0.25) is 11.4 Å². The molecule has 0 aliphatic carbocycles. The monoisotopic (exact) mass is 689 g/mol. The average Bonchev–Trinajstić information content (AvgIpc) is 3.50. The lowest BCUT2D eigenvalue weighted by molar-refractivity contribution is -0.669. The zero-order valence-corrected chi connectivity index (χ0v) is 28.0. The fraction of sp³-hybridized carbons (Fsp3) is 0.281. The highest BCUT2D eigenvalue weighted by atomic mass is 35.5. The minimum atomic E-state index is -4.19. The number of hydrogen-bond acceptors (Lipinski definition) is 7. The third-order valence-electron chi connectivity index (χ3n) is 7.61. The number of hydrogen-bond donors (Lipinski definition) is 2. The van der Waals surface area contributed by atoms with Crippen LogP contribution >= 0.6 is 22.9 Å². The van der Waals surface area contributed by atoms with Crippen molar-refractivity contribution in [3.05, 3.63) is 94.3 Å². The number of benzene rings is 3. The van der Waals surface area contributed by atoms with Crippen LogP contribution in [0.5, 0.6) is 5.75 Å². The summed E-state index contributed by atoms with van der Waals surface area (Å²) in [5, 5.41) is 0.461. The second kappa shape index (κ2) is 13.6. The number of fused-ring (bicyclic) bond motifs is 2. The van der Waals surface area contributed by atoms with Crippen molar-refractivity contribution >= 4 is 65.2 Å². The Morgan fingerprint density at radius 3 is 2.49 bits per heavy atom. The number of halogens is 1. The minimum Gasteiger partial charge on any atom is -0.439 e. The molecule has 1 aliphatic heterocycles. The molecule has 2 N–H and O–H groups in total. The second-order valence-corrected chi connectivity index (χ2v) is 15.7. The highest BCUT2D eigenvalue weighted by Gasteiger charge is 2.28. The third kappa shape index (κ3) is 8.13. The van der Waals surface area contributed by atoms with Crippen molar-refractivity contribution in [3.63, 3.8) is 0 Å². The standard InChI is InChI=1S/C32H33ClN2O7S3/c1-3-23(18-31-34(15-7-17-44(36,37)38)27-21-26(33)11-12-29(27)42-31)19-32-35(16-14-22(2)45(39,40)41)28-20-25(10-13-30(28)43-32)24-8-5-4-6-9-24/h4-6,8-13,18-22H,3,7,14-17H2,1-2H3,(H-,36,37,38,39,40,41)/p+1. The van der Waals surface area contributed by atoms with E-state index in [1.165, 1.54) is 6.92 Å². The van der Waals surface area contributed by atoms with Crippen LogP contribution in [0.15, 0.2) is 84.3 Å². The molecule has 0 bridgehead atoms. The molecule has 0 fully saturated rings. The van der Waals surface area contributed by atoms with Crippen LogP contribution in [0.25, 0.3) is 27.4 Å². The van der Waals surface area contributed by atoms with E-state index in [0.29, 0.717) is 35.3 Å². The van der Waals surface area contributed by atoms with Crippen LogP contribution in [0.1, 0.15) is 38.1 Å². The van der Waals surface area contributed by atoms with Crippen LogP contribution in [0.4, 0.5) is 5.69 Å². The summed E-state index contributed by atoms with van der Waals surface area (Å²) in [6.45, 7) is 4.14. The highest BCUT2D eigenvalue weighted by Crippen LogP contribution is 2.41. The van der Waals surface area contributed by atoms with Crippen molar-refractivity contribution in [2.45, 2.75) is 44.9 Å². The number of thiazole rings is 1. The smallest absolute Gasteiger partial charge is 0.267 e. The first kappa shape index (κ1) is 33.1. The lowest BCUT2D eigenvalue weighted by Gasteiger charge is -2.18. The first-order chi connectivity index (χ1) is 21.3. The molecule has 13 heteroatoms. The van der Waals surface area contributed by atoms with Crippen molar-refractivity contribution < 1.29 is 35.2 Å². The summed E-state index contributed by atoms with van der Waals surface area (Å²) in [5.74, 6) is 0.685. The highest BCUT2D eigenvalue weighted by molar-refractivity contribution is 7.86. The molecule has 0 radical (unpaired) electrons. The van der Waals surface area contributed by atoms with Gasteiger partial charge in [-0.2, -0.15) is 21.4 Å². The molecule has 238 valence electrons. The van der Waals surface area contributed by atoms with Gasteiger partial charge in [0.1, 0.15) is 4.70 Å². The summed E-state index contributed by atoms with van der Waals surface area (Å²) in [6.07, 6.45) is 4.95. The fourth-order valence-corrected chi connectivity index (χ4v) is 7.30. The number of aromatic nitrogens is 1. The Hall–Kier alpha value is -3.26. The minimum absolute atomic E-state index is 0.169. The fourth-order valence-electron chi connectivity index (χ4n) is 5.09. The van der Waals surface area contributed by atoms with E-state index >= 15 is 0 Å². The molecule has 1 unspecified atom stereocenters. The Morgan fingerprint density at radius 2 is 1.80 bits per heavy atom. The zero-order chi connectivity index (χ0) is 32.4. The van der Waals surface area contributed by atoms with Crippen LogP contribution in [-0.4, -0.2) is 43.5 Å². The van der Waals surface area contributed by atoms with Crippen LogP contribution in [-0.2, 0) is 26.8 Å². The maximum atomic E-state index is 11.8. The summed E-state index contributed by atoms with van der Waals surface area (Å²) in [7, 11) is -8.31. The van der Waals surface area contributed by atoms with E-state index in [1.807, 2.05) is 54.3 Å². The van der Waals surface area contributed by atoms with Crippen molar-refractivity contribution in [2.75, 3.05) is 17.2 Å². The van der Waals surface area contributed by atoms with Crippen LogP contribution < -0.4 is 14.2 Å². The Labute approximate surface area is 272 Å². The molecule has 0 spiro atoms. The number of anilines is 1. The average molecular weight is 690 g/mol.